The molecule has 1 aromatic rings. The molecule has 2 N–H and O–H groups in total. The van der Waals surface area contributed by atoms with Gasteiger partial charge < -0.3 is 10.6 Å². The van der Waals surface area contributed by atoms with Gasteiger partial charge in [-0.25, -0.2) is 0 Å². The van der Waals surface area contributed by atoms with Gasteiger partial charge in [0.2, 0.25) is 5.91 Å². The van der Waals surface area contributed by atoms with Crippen LogP contribution in [-0.2, 0) is 11.3 Å². The van der Waals surface area contributed by atoms with Crippen LogP contribution in [0.5, 0.6) is 0 Å². The van der Waals surface area contributed by atoms with Crippen LogP contribution in [-0.4, -0.2) is 29.2 Å². The number of carbonyl (C=O) groups excluding carboxylic acids is 1. The summed E-state index contributed by atoms with van der Waals surface area (Å²) >= 11 is 0. The van der Waals surface area contributed by atoms with E-state index < -0.39 is 0 Å². The molecule has 0 saturated carbocycles. The summed E-state index contributed by atoms with van der Waals surface area (Å²) < 4.78 is 0. The molecule has 0 aliphatic carbocycles. The summed E-state index contributed by atoms with van der Waals surface area (Å²) in [6.45, 7) is 5.92. The van der Waals surface area contributed by atoms with Crippen molar-refractivity contribution in [3.63, 3.8) is 0 Å². The monoisotopic (exact) mass is 222 g/mol. The fourth-order valence-electron chi connectivity index (χ4n) is 1.23. The van der Waals surface area contributed by atoms with Crippen LogP contribution in [0.3, 0.4) is 0 Å². The van der Waals surface area contributed by atoms with E-state index in [1.54, 1.807) is 12.3 Å². The SMILES string of the molecule is CCNCC(C)C(=O)NCc1cccnn1. The quantitative estimate of drug-likeness (QED) is 0.728. The summed E-state index contributed by atoms with van der Waals surface area (Å²) in [5.41, 5.74) is 0.770. The molecule has 5 heteroatoms. The molecule has 1 unspecified atom stereocenters. The normalized spacial score (nSPS) is 12.1. The number of hydrogen-bond acceptors (Lipinski definition) is 4. The molecule has 16 heavy (non-hydrogen) atoms. The highest BCUT2D eigenvalue weighted by molar-refractivity contribution is 5.78. The molecule has 0 aliphatic rings. The lowest BCUT2D eigenvalue weighted by atomic mass is 10.1. The number of nitrogens with one attached hydrogen (secondary N) is 2. The molecular formula is C11H18N4O. The minimum absolute atomic E-state index is 0.0309. The topological polar surface area (TPSA) is 66.9 Å². The van der Waals surface area contributed by atoms with Crippen molar-refractivity contribution in [1.82, 2.24) is 20.8 Å². The fourth-order valence-corrected chi connectivity index (χ4v) is 1.23. The number of hydrogen-bond donors (Lipinski definition) is 2. The summed E-state index contributed by atoms with van der Waals surface area (Å²) in [6.07, 6.45) is 1.61. The van der Waals surface area contributed by atoms with E-state index in [2.05, 4.69) is 20.8 Å². The van der Waals surface area contributed by atoms with Crippen LogP contribution >= 0.6 is 0 Å². The molecule has 0 fully saturated rings. The van der Waals surface area contributed by atoms with E-state index in [9.17, 15) is 4.79 Å². The number of aromatic nitrogens is 2. The van der Waals surface area contributed by atoms with Gasteiger partial charge in [-0.15, -0.1) is 0 Å². The predicted molar refractivity (Wildman–Crippen MR) is 61.6 cm³/mol. The molecule has 88 valence electrons. The second-order valence-corrected chi connectivity index (χ2v) is 3.64. The first-order chi connectivity index (χ1) is 7.74. The van der Waals surface area contributed by atoms with Gasteiger partial charge in [0.25, 0.3) is 0 Å². The van der Waals surface area contributed by atoms with Crippen LogP contribution in [0.1, 0.15) is 19.5 Å². The van der Waals surface area contributed by atoms with E-state index >= 15 is 0 Å². The van der Waals surface area contributed by atoms with Gasteiger partial charge in [0.15, 0.2) is 0 Å². The Labute approximate surface area is 95.7 Å². The first kappa shape index (κ1) is 12.6. The Morgan fingerprint density at radius 1 is 1.56 bits per heavy atom. The minimum Gasteiger partial charge on any atom is -0.350 e. The van der Waals surface area contributed by atoms with Crippen molar-refractivity contribution in [1.29, 1.82) is 0 Å². The smallest absolute Gasteiger partial charge is 0.224 e. The van der Waals surface area contributed by atoms with E-state index in [4.69, 9.17) is 0 Å². The van der Waals surface area contributed by atoms with Crippen molar-refractivity contribution in [3.05, 3.63) is 24.0 Å². The molecule has 5 nitrogen and oxygen atoms in total. The van der Waals surface area contributed by atoms with Gasteiger partial charge in [-0.1, -0.05) is 13.8 Å². The third kappa shape index (κ3) is 4.35. The summed E-state index contributed by atoms with van der Waals surface area (Å²) in [5.74, 6) is 0.00299. The van der Waals surface area contributed by atoms with Gasteiger partial charge in [-0.05, 0) is 18.7 Å². The highest BCUT2D eigenvalue weighted by atomic mass is 16.1. The molecule has 0 spiro atoms. The highest BCUT2D eigenvalue weighted by Gasteiger charge is 2.11. The number of rotatable bonds is 6. The minimum atomic E-state index is -0.0309. The van der Waals surface area contributed by atoms with Crippen LogP contribution in [0, 0.1) is 5.92 Å². The van der Waals surface area contributed by atoms with E-state index in [1.807, 2.05) is 19.9 Å². The Balaban J connectivity index is 2.29. The van der Waals surface area contributed by atoms with Crippen LogP contribution in [0.15, 0.2) is 18.3 Å². The molecule has 1 aromatic heterocycles. The standard InChI is InChI=1S/C11H18N4O/c1-3-12-7-9(2)11(16)13-8-10-5-4-6-14-15-10/h4-6,9,12H,3,7-8H2,1-2H3,(H,13,16). The van der Waals surface area contributed by atoms with Gasteiger partial charge in [0.1, 0.15) is 0 Å². The van der Waals surface area contributed by atoms with Crippen molar-refractivity contribution in [2.24, 2.45) is 5.92 Å². The lowest BCUT2D eigenvalue weighted by Gasteiger charge is -2.11. The zero-order valence-electron chi connectivity index (χ0n) is 9.73. The second-order valence-electron chi connectivity index (χ2n) is 3.64. The summed E-state index contributed by atoms with van der Waals surface area (Å²) in [6, 6.07) is 3.64. The molecular weight excluding hydrogens is 204 g/mol. The maximum atomic E-state index is 11.6. The van der Waals surface area contributed by atoms with Crippen molar-refractivity contribution >= 4 is 5.91 Å². The number of amides is 1. The molecule has 0 radical (unpaired) electrons. The van der Waals surface area contributed by atoms with E-state index in [0.29, 0.717) is 13.1 Å². The van der Waals surface area contributed by atoms with E-state index in [-0.39, 0.29) is 11.8 Å². The molecule has 1 atom stereocenters. The second kappa shape index (κ2) is 6.90. The average Bonchev–Trinajstić information content (AvgIpc) is 2.34. The first-order valence-corrected chi connectivity index (χ1v) is 5.49. The molecule has 0 aromatic carbocycles. The number of carbonyl (C=O) groups is 1. The van der Waals surface area contributed by atoms with Crippen molar-refractivity contribution in [2.75, 3.05) is 13.1 Å². The Bertz CT molecular complexity index is 315. The van der Waals surface area contributed by atoms with Crippen LogP contribution in [0.4, 0.5) is 0 Å². The van der Waals surface area contributed by atoms with Crippen molar-refractivity contribution < 1.29 is 4.79 Å². The third-order valence-electron chi connectivity index (χ3n) is 2.22. The molecule has 0 bridgehead atoms. The third-order valence-corrected chi connectivity index (χ3v) is 2.22. The van der Waals surface area contributed by atoms with Gasteiger partial charge in [0.05, 0.1) is 12.2 Å². The van der Waals surface area contributed by atoms with Crippen LogP contribution in [0.2, 0.25) is 0 Å². The van der Waals surface area contributed by atoms with Crippen molar-refractivity contribution in [2.45, 2.75) is 20.4 Å². The van der Waals surface area contributed by atoms with E-state index in [1.165, 1.54) is 0 Å². The fraction of sp³-hybridized carbons (Fsp3) is 0.545. The lowest BCUT2D eigenvalue weighted by Crippen LogP contribution is -2.35. The van der Waals surface area contributed by atoms with Gasteiger partial charge in [-0.2, -0.15) is 10.2 Å². The zero-order valence-corrected chi connectivity index (χ0v) is 9.73. The Morgan fingerprint density at radius 3 is 3.00 bits per heavy atom. The Hall–Kier alpha value is -1.49. The van der Waals surface area contributed by atoms with Gasteiger partial charge >= 0.3 is 0 Å². The molecule has 0 aliphatic heterocycles. The van der Waals surface area contributed by atoms with E-state index in [0.717, 1.165) is 12.2 Å². The predicted octanol–water partition coefficient (Wildman–Crippen LogP) is 0.338. The maximum Gasteiger partial charge on any atom is 0.224 e. The van der Waals surface area contributed by atoms with Crippen molar-refractivity contribution in [3.8, 4) is 0 Å². The van der Waals surface area contributed by atoms with Gasteiger partial charge in [-0.3, -0.25) is 4.79 Å². The van der Waals surface area contributed by atoms with Crippen LogP contribution in [0.25, 0.3) is 0 Å². The number of nitrogens with zero attached hydrogens (tertiary/aromatic N) is 2. The molecule has 1 amide bonds. The maximum absolute atomic E-state index is 11.6. The zero-order chi connectivity index (χ0) is 11.8. The Morgan fingerprint density at radius 2 is 2.38 bits per heavy atom. The largest absolute Gasteiger partial charge is 0.350 e. The van der Waals surface area contributed by atoms with Gasteiger partial charge in [0, 0.05) is 18.7 Å². The molecule has 1 rings (SSSR count). The first-order valence-electron chi connectivity index (χ1n) is 5.49. The summed E-state index contributed by atoms with van der Waals surface area (Å²) in [7, 11) is 0. The average molecular weight is 222 g/mol. The lowest BCUT2D eigenvalue weighted by molar-refractivity contribution is -0.124. The summed E-state index contributed by atoms with van der Waals surface area (Å²) in [5, 5.41) is 13.6. The van der Waals surface area contributed by atoms with Crippen LogP contribution < -0.4 is 10.6 Å². The summed E-state index contributed by atoms with van der Waals surface area (Å²) in [4.78, 5) is 11.6. The highest BCUT2D eigenvalue weighted by Crippen LogP contribution is 1.95. The Kier molecular flexibility index (Phi) is 5.42. The molecule has 1 heterocycles. The molecule has 0 saturated heterocycles.